The van der Waals surface area contributed by atoms with Gasteiger partial charge in [0.15, 0.2) is 11.5 Å². The first-order valence-electron chi connectivity index (χ1n) is 12.8. The number of benzene rings is 3. The van der Waals surface area contributed by atoms with Crippen molar-refractivity contribution < 1.29 is 19.1 Å². The summed E-state index contributed by atoms with van der Waals surface area (Å²) in [7, 11) is 3.21. The van der Waals surface area contributed by atoms with Gasteiger partial charge in [0, 0.05) is 43.6 Å². The van der Waals surface area contributed by atoms with Crippen LogP contribution in [0.4, 0.5) is 0 Å². The van der Waals surface area contributed by atoms with Gasteiger partial charge in [-0.2, -0.15) is 0 Å². The summed E-state index contributed by atoms with van der Waals surface area (Å²) in [4.78, 5) is 30.4. The summed E-state index contributed by atoms with van der Waals surface area (Å²) in [6.45, 7) is 3.72. The predicted octanol–water partition coefficient (Wildman–Crippen LogP) is 5.72. The first-order chi connectivity index (χ1) is 18.9. The topological polar surface area (TPSA) is 64.0 Å². The van der Waals surface area contributed by atoms with Crippen LogP contribution < -0.4 is 9.47 Å². The maximum Gasteiger partial charge on any atom is 0.255 e. The van der Waals surface area contributed by atoms with Crippen LogP contribution in [-0.4, -0.2) is 66.6 Å². The molecule has 3 aromatic carbocycles. The number of piperazine rings is 1. The fourth-order valence-corrected chi connectivity index (χ4v) is 5.25. The minimum absolute atomic E-state index is 0.0613. The number of ether oxygens (including phenoxy) is 2. The van der Waals surface area contributed by atoms with E-state index in [1.165, 1.54) is 0 Å². The number of methoxy groups -OCH3 is 2. The van der Waals surface area contributed by atoms with Crippen LogP contribution in [0.5, 0.6) is 11.5 Å². The second kappa shape index (κ2) is 11.3. The Morgan fingerprint density at radius 2 is 1.31 bits per heavy atom. The average Bonchev–Trinajstić information content (AvgIpc) is 3.33. The number of hydrogen-bond acceptors (Lipinski definition) is 4. The van der Waals surface area contributed by atoms with Gasteiger partial charge in [0.05, 0.1) is 36.1 Å². The molecule has 7 nitrogen and oxygen atoms in total. The zero-order valence-corrected chi connectivity index (χ0v) is 22.9. The lowest BCUT2D eigenvalue weighted by Crippen LogP contribution is -2.50. The molecule has 5 rings (SSSR count). The lowest BCUT2D eigenvalue weighted by molar-refractivity contribution is 0.0535. The highest BCUT2D eigenvalue weighted by Crippen LogP contribution is 2.35. The minimum atomic E-state index is -0.116. The number of hydrogen-bond donors (Lipinski definition) is 0. The summed E-state index contributed by atoms with van der Waals surface area (Å²) in [5.74, 6) is 1.06. The fourth-order valence-electron chi connectivity index (χ4n) is 5.03. The van der Waals surface area contributed by atoms with Gasteiger partial charge >= 0.3 is 0 Å². The van der Waals surface area contributed by atoms with Crippen LogP contribution in [0.1, 0.15) is 26.4 Å². The summed E-state index contributed by atoms with van der Waals surface area (Å²) in [5, 5.41) is 0.432. The molecule has 39 heavy (non-hydrogen) atoms. The van der Waals surface area contributed by atoms with Crippen LogP contribution in [0.25, 0.3) is 16.9 Å². The number of carbonyl (C=O) groups is 2. The van der Waals surface area contributed by atoms with Crippen LogP contribution in [0.3, 0.4) is 0 Å². The van der Waals surface area contributed by atoms with Gasteiger partial charge in [0.2, 0.25) is 0 Å². The molecule has 200 valence electrons. The monoisotopic (exact) mass is 543 g/mol. The van der Waals surface area contributed by atoms with E-state index in [0.29, 0.717) is 53.8 Å². The van der Waals surface area contributed by atoms with Gasteiger partial charge in [-0.3, -0.25) is 9.59 Å². The average molecular weight is 544 g/mol. The first-order valence-corrected chi connectivity index (χ1v) is 13.1. The van der Waals surface area contributed by atoms with Crippen LogP contribution in [0.15, 0.2) is 78.9 Å². The molecule has 1 aromatic heterocycles. The minimum Gasteiger partial charge on any atom is -0.493 e. The van der Waals surface area contributed by atoms with E-state index in [4.69, 9.17) is 21.1 Å². The molecule has 0 atom stereocenters. The highest BCUT2D eigenvalue weighted by atomic mass is 35.5. The fraction of sp³-hybridized carbons (Fsp3) is 0.226. The Morgan fingerprint density at radius 3 is 1.92 bits per heavy atom. The Hall–Kier alpha value is -4.23. The Labute approximate surface area is 233 Å². The van der Waals surface area contributed by atoms with Crippen molar-refractivity contribution >= 4 is 23.4 Å². The van der Waals surface area contributed by atoms with Crippen LogP contribution >= 0.6 is 11.6 Å². The Morgan fingerprint density at radius 1 is 0.718 bits per heavy atom. The van der Waals surface area contributed by atoms with E-state index < -0.39 is 0 Å². The van der Waals surface area contributed by atoms with Crippen molar-refractivity contribution in [2.45, 2.75) is 6.92 Å². The summed E-state index contributed by atoms with van der Waals surface area (Å²) in [5.41, 5.74) is 4.67. The van der Waals surface area contributed by atoms with Crippen molar-refractivity contribution in [2.75, 3.05) is 40.4 Å². The van der Waals surface area contributed by atoms with Crippen molar-refractivity contribution in [3.05, 3.63) is 101 Å². The molecule has 0 aliphatic carbocycles. The van der Waals surface area contributed by atoms with Crippen LogP contribution in [0.2, 0.25) is 5.02 Å². The van der Waals surface area contributed by atoms with E-state index in [2.05, 4.69) is 4.57 Å². The van der Waals surface area contributed by atoms with Crippen LogP contribution in [0, 0.1) is 6.92 Å². The number of halogens is 1. The van der Waals surface area contributed by atoms with E-state index in [0.717, 1.165) is 22.6 Å². The van der Waals surface area contributed by atoms with Gasteiger partial charge in [-0.1, -0.05) is 54.1 Å². The highest BCUT2D eigenvalue weighted by Gasteiger charge is 2.29. The van der Waals surface area contributed by atoms with Crippen molar-refractivity contribution in [3.8, 4) is 28.4 Å². The van der Waals surface area contributed by atoms with E-state index in [1.807, 2.05) is 66.4 Å². The molecule has 0 radical (unpaired) electrons. The number of amides is 2. The molecule has 0 N–H and O–H groups in total. The van der Waals surface area contributed by atoms with E-state index in [9.17, 15) is 9.59 Å². The standard InChI is InChI=1S/C31H30ClN3O4/c1-21-25(31(37)34-17-15-33(16-18-34)30(36)24-11-7-8-12-26(24)32)20-27(22-9-5-4-6-10-22)35(21)23-13-14-28(38-2)29(19-23)39-3/h4-14,19-20H,15-18H2,1-3H3. The number of nitrogens with zero attached hydrogens (tertiary/aromatic N) is 3. The van der Waals surface area contributed by atoms with Gasteiger partial charge in [0.1, 0.15) is 0 Å². The lowest BCUT2D eigenvalue weighted by Gasteiger charge is -2.35. The van der Waals surface area contributed by atoms with Crippen molar-refractivity contribution in [1.29, 1.82) is 0 Å². The van der Waals surface area contributed by atoms with Crippen molar-refractivity contribution in [1.82, 2.24) is 14.4 Å². The Bertz CT molecular complexity index is 1510. The largest absolute Gasteiger partial charge is 0.493 e. The zero-order valence-electron chi connectivity index (χ0n) is 22.2. The molecule has 8 heteroatoms. The van der Waals surface area contributed by atoms with E-state index in [1.54, 1.807) is 43.4 Å². The van der Waals surface area contributed by atoms with Gasteiger partial charge < -0.3 is 23.8 Å². The smallest absolute Gasteiger partial charge is 0.255 e. The molecule has 4 aromatic rings. The second-order valence-electron chi connectivity index (χ2n) is 9.33. The number of aromatic nitrogens is 1. The second-order valence-corrected chi connectivity index (χ2v) is 9.74. The molecule has 0 bridgehead atoms. The van der Waals surface area contributed by atoms with Gasteiger partial charge in [0.25, 0.3) is 11.8 Å². The molecule has 0 saturated carbocycles. The molecule has 1 saturated heterocycles. The van der Waals surface area contributed by atoms with Crippen molar-refractivity contribution in [2.24, 2.45) is 0 Å². The first kappa shape index (κ1) is 26.4. The van der Waals surface area contributed by atoms with Crippen molar-refractivity contribution in [3.63, 3.8) is 0 Å². The maximum atomic E-state index is 13.8. The van der Waals surface area contributed by atoms with Crippen LogP contribution in [-0.2, 0) is 0 Å². The summed E-state index contributed by atoms with van der Waals surface area (Å²) in [6.07, 6.45) is 0. The third-order valence-corrected chi connectivity index (χ3v) is 7.46. The third kappa shape index (κ3) is 5.10. The maximum absolute atomic E-state index is 13.8. The third-order valence-electron chi connectivity index (χ3n) is 7.13. The number of rotatable bonds is 6. The normalized spacial score (nSPS) is 13.3. The zero-order chi connectivity index (χ0) is 27.5. The molecule has 2 amide bonds. The Balaban J connectivity index is 1.44. The molecular formula is C31H30ClN3O4. The lowest BCUT2D eigenvalue weighted by atomic mass is 10.1. The molecule has 1 aliphatic heterocycles. The molecular weight excluding hydrogens is 514 g/mol. The number of carbonyl (C=O) groups excluding carboxylic acids is 2. The predicted molar refractivity (Wildman–Crippen MR) is 152 cm³/mol. The van der Waals surface area contributed by atoms with Gasteiger partial charge in [-0.05, 0) is 42.8 Å². The van der Waals surface area contributed by atoms with E-state index in [-0.39, 0.29) is 11.8 Å². The summed E-state index contributed by atoms with van der Waals surface area (Å²) >= 11 is 6.24. The summed E-state index contributed by atoms with van der Waals surface area (Å²) in [6, 6.07) is 24.7. The molecule has 0 spiro atoms. The SMILES string of the molecule is COc1ccc(-n2c(-c3ccccc3)cc(C(=O)N3CCN(C(=O)c4ccccc4Cl)CC3)c2C)cc1OC. The Kier molecular flexibility index (Phi) is 7.61. The quantitative estimate of drug-likeness (QED) is 0.312. The summed E-state index contributed by atoms with van der Waals surface area (Å²) < 4.78 is 13.0. The molecule has 1 fully saturated rings. The van der Waals surface area contributed by atoms with Gasteiger partial charge in [-0.15, -0.1) is 0 Å². The molecule has 1 aliphatic rings. The van der Waals surface area contributed by atoms with E-state index >= 15 is 0 Å². The molecule has 0 unspecified atom stereocenters. The highest BCUT2D eigenvalue weighted by molar-refractivity contribution is 6.33. The van der Waals surface area contributed by atoms with Gasteiger partial charge in [-0.25, -0.2) is 0 Å². The molecule has 2 heterocycles.